The molecule has 0 spiro atoms. The first-order valence-corrected chi connectivity index (χ1v) is 6.70. The number of aromatic nitrogens is 1. The lowest BCUT2D eigenvalue weighted by atomic mass is 10.1. The zero-order valence-electron chi connectivity index (χ0n) is 12.0. The molecule has 1 heterocycles. The van der Waals surface area contributed by atoms with Crippen LogP contribution in [-0.2, 0) is 6.54 Å². The number of primary amides is 1. The Morgan fingerprint density at radius 2 is 1.95 bits per heavy atom. The van der Waals surface area contributed by atoms with Gasteiger partial charge in [-0.15, -0.1) is 0 Å². The Morgan fingerprint density at radius 1 is 1.33 bits per heavy atom. The van der Waals surface area contributed by atoms with Crippen LogP contribution in [0.15, 0.2) is 30.3 Å². The van der Waals surface area contributed by atoms with Crippen LogP contribution in [0.5, 0.6) is 0 Å². The Kier molecular flexibility index (Phi) is 4.07. The molecule has 2 aromatic rings. The van der Waals surface area contributed by atoms with E-state index < -0.39 is 10.8 Å². The smallest absolute Gasteiger partial charge is 0.269 e. The average Bonchev–Trinajstić information content (AvgIpc) is 2.77. The quantitative estimate of drug-likeness (QED) is 0.677. The van der Waals surface area contributed by atoms with Gasteiger partial charge in [-0.1, -0.05) is 6.92 Å². The molecule has 21 heavy (non-hydrogen) atoms. The number of carbonyl (C=O) groups excluding carboxylic acids is 1. The molecule has 0 fully saturated rings. The summed E-state index contributed by atoms with van der Waals surface area (Å²) in [5.74, 6) is -0.467. The fourth-order valence-corrected chi connectivity index (χ4v) is 2.40. The van der Waals surface area contributed by atoms with Crippen LogP contribution in [0.3, 0.4) is 0 Å². The average molecular weight is 287 g/mol. The maximum atomic E-state index is 11.5. The molecule has 0 radical (unpaired) electrons. The van der Waals surface area contributed by atoms with Crippen molar-refractivity contribution in [2.75, 3.05) is 0 Å². The van der Waals surface area contributed by atoms with Crippen LogP contribution in [0.1, 0.15) is 29.4 Å². The molecule has 6 heteroatoms. The van der Waals surface area contributed by atoms with Crippen molar-refractivity contribution in [1.82, 2.24) is 4.57 Å². The van der Waals surface area contributed by atoms with Crippen LogP contribution in [0.4, 0.5) is 5.69 Å². The number of non-ortho nitro benzene ring substituents is 1. The minimum atomic E-state index is -0.467. The monoisotopic (exact) mass is 287 g/mol. The molecule has 2 N–H and O–H groups in total. The third kappa shape index (κ3) is 2.79. The van der Waals surface area contributed by atoms with Gasteiger partial charge in [0.25, 0.3) is 11.6 Å². The summed E-state index contributed by atoms with van der Waals surface area (Å²) < 4.78 is 2.02. The van der Waals surface area contributed by atoms with Crippen molar-refractivity contribution in [1.29, 1.82) is 0 Å². The fraction of sp³-hybridized carbons (Fsp3) is 0.267. The first-order chi connectivity index (χ1) is 9.95. The van der Waals surface area contributed by atoms with Gasteiger partial charge in [-0.05, 0) is 37.1 Å². The molecule has 1 amide bonds. The van der Waals surface area contributed by atoms with Crippen LogP contribution in [0.25, 0.3) is 11.3 Å². The van der Waals surface area contributed by atoms with Gasteiger partial charge in [0.15, 0.2) is 0 Å². The van der Waals surface area contributed by atoms with E-state index in [1.54, 1.807) is 18.2 Å². The van der Waals surface area contributed by atoms with Crippen molar-refractivity contribution in [3.8, 4) is 11.3 Å². The van der Waals surface area contributed by atoms with Crippen LogP contribution in [0, 0.1) is 17.0 Å². The summed E-state index contributed by atoms with van der Waals surface area (Å²) in [7, 11) is 0. The van der Waals surface area contributed by atoms with Gasteiger partial charge in [0, 0.05) is 30.1 Å². The van der Waals surface area contributed by atoms with E-state index in [0.29, 0.717) is 5.56 Å². The number of hydrogen-bond donors (Lipinski definition) is 1. The summed E-state index contributed by atoms with van der Waals surface area (Å²) in [4.78, 5) is 21.8. The Labute approximate surface area is 122 Å². The zero-order chi connectivity index (χ0) is 15.6. The number of nitrogens with zero attached hydrogens (tertiary/aromatic N) is 2. The molecule has 0 aliphatic carbocycles. The van der Waals surface area contributed by atoms with Crippen molar-refractivity contribution in [2.24, 2.45) is 5.73 Å². The highest BCUT2D eigenvalue weighted by Gasteiger charge is 2.16. The number of hydrogen-bond acceptors (Lipinski definition) is 3. The normalized spacial score (nSPS) is 10.6. The molecule has 0 unspecified atom stereocenters. The van der Waals surface area contributed by atoms with E-state index >= 15 is 0 Å². The van der Waals surface area contributed by atoms with Gasteiger partial charge in [-0.2, -0.15) is 0 Å². The van der Waals surface area contributed by atoms with E-state index in [0.717, 1.165) is 29.9 Å². The van der Waals surface area contributed by atoms with Gasteiger partial charge in [-0.3, -0.25) is 14.9 Å². The number of amides is 1. The predicted molar refractivity (Wildman–Crippen MR) is 80.1 cm³/mol. The number of nitrogens with two attached hydrogens (primary N) is 1. The van der Waals surface area contributed by atoms with Gasteiger partial charge in [-0.25, -0.2) is 0 Å². The Hall–Kier alpha value is -2.63. The number of rotatable bonds is 5. The summed E-state index contributed by atoms with van der Waals surface area (Å²) in [6.07, 6.45) is 0.910. The van der Waals surface area contributed by atoms with E-state index in [2.05, 4.69) is 0 Å². The molecule has 0 bridgehead atoms. The highest BCUT2D eigenvalue weighted by atomic mass is 16.6. The molecule has 0 saturated carbocycles. The van der Waals surface area contributed by atoms with Crippen LogP contribution in [-0.4, -0.2) is 15.4 Å². The second-order valence-corrected chi connectivity index (χ2v) is 4.85. The predicted octanol–water partition coefficient (Wildman–Crippen LogP) is 2.88. The molecule has 0 aliphatic rings. The van der Waals surface area contributed by atoms with Crippen molar-refractivity contribution >= 4 is 11.6 Å². The summed E-state index contributed by atoms with van der Waals surface area (Å²) >= 11 is 0. The minimum Gasteiger partial charge on any atom is -0.366 e. The van der Waals surface area contributed by atoms with Gasteiger partial charge >= 0.3 is 0 Å². The molecule has 1 aromatic heterocycles. The lowest BCUT2D eigenvalue weighted by molar-refractivity contribution is -0.384. The first kappa shape index (κ1) is 14.8. The van der Waals surface area contributed by atoms with E-state index in [9.17, 15) is 14.9 Å². The summed E-state index contributed by atoms with van der Waals surface area (Å²) in [5, 5.41) is 10.7. The van der Waals surface area contributed by atoms with E-state index in [-0.39, 0.29) is 5.69 Å². The van der Waals surface area contributed by atoms with Crippen molar-refractivity contribution in [3.63, 3.8) is 0 Å². The Morgan fingerprint density at radius 3 is 2.43 bits per heavy atom. The second kappa shape index (κ2) is 5.78. The van der Waals surface area contributed by atoms with Gasteiger partial charge in [0.05, 0.1) is 10.5 Å². The molecule has 2 rings (SSSR count). The largest absolute Gasteiger partial charge is 0.366 e. The molecule has 0 aliphatic heterocycles. The minimum absolute atomic E-state index is 0.0409. The molecule has 0 saturated heterocycles. The number of carbonyl (C=O) groups is 1. The maximum Gasteiger partial charge on any atom is 0.269 e. The van der Waals surface area contributed by atoms with Crippen molar-refractivity contribution in [3.05, 3.63) is 51.7 Å². The standard InChI is InChI=1S/C15H17N3O3/c1-3-8-17-10(2)13(15(16)19)9-14(17)11-4-6-12(7-5-11)18(20)21/h4-7,9H,3,8H2,1-2H3,(H2,16,19). The van der Waals surface area contributed by atoms with E-state index in [4.69, 9.17) is 5.73 Å². The summed E-state index contributed by atoms with van der Waals surface area (Å²) in [6, 6.07) is 8.03. The van der Waals surface area contributed by atoms with Crippen molar-refractivity contribution < 1.29 is 9.72 Å². The van der Waals surface area contributed by atoms with Crippen LogP contribution < -0.4 is 5.73 Å². The molecule has 110 valence electrons. The third-order valence-corrected chi connectivity index (χ3v) is 3.45. The number of benzene rings is 1. The first-order valence-electron chi connectivity index (χ1n) is 6.70. The van der Waals surface area contributed by atoms with Gasteiger partial charge in [0.2, 0.25) is 0 Å². The molecular weight excluding hydrogens is 270 g/mol. The topological polar surface area (TPSA) is 91.2 Å². The Balaban J connectivity index is 2.53. The van der Waals surface area contributed by atoms with Gasteiger partial charge in [0.1, 0.15) is 0 Å². The lowest BCUT2D eigenvalue weighted by Crippen LogP contribution is -2.12. The van der Waals surface area contributed by atoms with Crippen molar-refractivity contribution in [2.45, 2.75) is 26.8 Å². The molecular formula is C15H17N3O3. The third-order valence-electron chi connectivity index (χ3n) is 3.45. The van der Waals surface area contributed by atoms with Crippen LogP contribution >= 0.6 is 0 Å². The lowest BCUT2D eigenvalue weighted by Gasteiger charge is -2.10. The fourth-order valence-electron chi connectivity index (χ4n) is 2.40. The number of nitro groups is 1. The summed E-state index contributed by atoms with van der Waals surface area (Å²) in [6.45, 7) is 4.65. The van der Waals surface area contributed by atoms with Gasteiger partial charge < -0.3 is 10.3 Å². The molecule has 1 aromatic carbocycles. The molecule has 6 nitrogen and oxygen atoms in total. The van der Waals surface area contributed by atoms with E-state index in [1.165, 1.54) is 12.1 Å². The number of nitro benzene ring substituents is 1. The van der Waals surface area contributed by atoms with E-state index in [1.807, 2.05) is 18.4 Å². The summed E-state index contributed by atoms with van der Waals surface area (Å²) in [5.41, 5.74) is 8.40. The Bertz CT molecular complexity index is 687. The molecule has 0 atom stereocenters. The highest BCUT2D eigenvalue weighted by Crippen LogP contribution is 2.27. The SMILES string of the molecule is CCCn1c(-c2ccc([N+](=O)[O-])cc2)cc(C(N)=O)c1C. The zero-order valence-corrected chi connectivity index (χ0v) is 12.0. The highest BCUT2D eigenvalue weighted by molar-refractivity contribution is 5.95. The van der Waals surface area contributed by atoms with Crippen LogP contribution in [0.2, 0.25) is 0 Å². The maximum absolute atomic E-state index is 11.5. The second-order valence-electron chi connectivity index (χ2n) is 4.85.